The minimum absolute atomic E-state index is 0.0972. The minimum Gasteiger partial charge on any atom is -0.394 e. The van der Waals surface area contributed by atoms with Gasteiger partial charge in [0.25, 0.3) is 10.2 Å². The first-order valence-electron chi connectivity index (χ1n) is 5.98. The van der Waals surface area contributed by atoms with E-state index >= 15 is 0 Å². The molecule has 0 amide bonds. The molecule has 0 unspecified atom stereocenters. The molecule has 0 radical (unpaired) electrons. The molecule has 1 saturated carbocycles. The molecule has 2 aliphatic rings. The highest BCUT2D eigenvalue weighted by atomic mass is 32.2. The topological polar surface area (TPSA) is 69.6 Å². The lowest BCUT2D eigenvalue weighted by atomic mass is 10.2. The van der Waals surface area contributed by atoms with Crippen molar-refractivity contribution in [3.8, 4) is 0 Å². The van der Waals surface area contributed by atoms with E-state index in [2.05, 4.69) is 4.72 Å². The lowest BCUT2D eigenvalue weighted by Gasteiger charge is -2.23. The molecule has 1 saturated heterocycles. The van der Waals surface area contributed by atoms with Gasteiger partial charge in [0.15, 0.2) is 0 Å². The Kier molecular flexibility index (Phi) is 3.53. The molecule has 0 bridgehead atoms. The number of aliphatic hydroxyl groups excluding tert-OH is 1. The maximum atomic E-state index is 12.1. The van der Waals surface area contributed by atoms with Crippen molar-refractivity contribution >= 4 is 10.2 Å². The summed E-state index contributed by atoms with van der Waals surface area (Å²) in [5.74, 6) is 0. The summed E-state index contributed by atoms with van der Waals surface area (Å²) >= 11 is 0. The van der Waals surface area contributed by atoms with Crippen LogP contribution in [-0.2, 0) is 10.2 Å². The van der Waals surface area contributed by atoms with E-state index in [-0.39, 0.29) is 6.61 Å². The molecule has 2 N–H and O–H groups in total. The largest absolute Gasteiger partial charge is 0.394 e. The van der Waals surface area contributed by atoms with Gasteiger partial charge in [-0.3, -0.25) is 0 Å². The van der Waals surface area contributed by atoms with Crippen molar-refractivity contribution in [1.82, 2.24) is 9.03 Å². The second-order valence-corrected chi connectivity index (χ2v) is 6.53. The Morgan fingerprint density at radius 1 is 1.12 bits per heavy atom. The molecule has 94 valence electrons. The number of nitrogens with zero attached hydrogens (tertiary/aromatic N) is 1. The van der Waals surface area contributed by atoms with Crippen molar-refractivity contribution in [2.75, 3.05) is 19.7 Å². The maximum absolute atomic E-state index is 12.1. The lowest BCUT2D eigenvalue weighted by molar-refractivity contribution is 0.243. The molecule has 1 aliphatic carbocycles. The van der Waals surface area contributed by atoms with Gasteiger partial charge >= 0.3 is 0 Å². The molecule has 5 nitrogen and oxygen atoms in total. The van der Waals surface area contributed by atoms with Crippen LogP contribution < -0.4 is 4.72 Å². The molecular formula is C10H20N2O3S. The molecule has 0 aromatic carbocycles. The van der Waals surface area contributed by atoms with Crippen LogP contribution in [0.5, 0.6) is 0 Å². The first-order valence-corrected chi connectivity index (χ1v) is 7.42. The van der Waals surface area contributed by atoms with Gasteiger partial charge in [0.1, 0.15) is 0 Å². The van der Waals surface area contributed by atoms with Crippen molar-refractivity contribution in [1.29, 1.82) is 0 Å². The summed E-state index contributed by atoms with van der Waals surface area (Å²) < 4.78 is 28.3. The number of nitrogens with one attached hydrogen (secondary N) is 1. The fourth-order valence-corrected chi connectivity index (χ4v) is 3.75. The van der Waals surface area contributed by atoms with Gasteiger partial charge in [-0.2, -0.15) is 17.4 Å². The van der Waals surface area contributed by atoms with Crippen molar-refractivity contribution < 1.29 is 13.5 Å². The van der Waals surface area contributed by atoms with Crippen LogP contribution in [0.1, 0.15) is 38.5 Å². The van der Waals surface area contributed by atoms with E-state index in [1.54, 1.807) is 0 Å². The molecule has 6 heteroatoms. The van der Waals surface area contributed by atoms with E-state index < -0.39 is 15.7 Å². The number of aliphatic hydroxyl groups is 1. The summed E-state index contributed by atoms with van der Waals surface area (Å²) in [6, 6.07) is 0. The Morgan fingerprint density at radius 2 is 1.69 bits per heavy atom. The van der Waals surface area contributed by atoms with Gasteiger partial charge < -0.3 is 5.11 Å². The summed E-state index contributed by atoms with van der Waals surface area (Å²) in [5, 5.41) is 9.13. The number of hydrogen-bond acceptors (Lipinski definition) is 3. The van der Waals surface area contributed by atoms with Crippen molar-refractivity contribution in [2.24, 2.45) is 0 Å². The van der Waals surface area contributed by atoms with Crippen LogP contribution in [0.3, 0.4) is 0 Å². The van der Waals surface area contributed by atoms with Crippen molar-refractivity contribution in [2.45, 2.75) is 44.1 Å². The second kappa shape index (κ2) is 4.60. The zero-order valence-electron chi connectivity index (χ0n) is 9.48. The summed E-state index contributed by atoms with van der Waals surface area (Å²) in [7, 11) is -3.39. The molecule has 0 spiro atoms. The van der Waals surface area contributed by atoms with Gasteiger partial charge in [-0.1, -0.05) is 12.8 Å². The van der Waals surface area contributed by atoms with Crippen molar-refractivity contribution in [3.63, 3.8) is 0 Å². The zero-order chi connectivity index (χ0) is 11.6. The average Bonchev–Trinajstić information content (AvgIpc) is 3.00. The summed E-state index contributed by atoms with van der Waals surface area (Å²) in [4.78, 5) is 0. The molecule has 2 fully saturated rings. The van der Waals surface area contributed by atoms with E-state index in [1.807, 2.05) is 0 Å². The van der Waals surface area contributed by atoms with Crippen LogP contribution in [0.4, 0.5) is 0 Å². The molecule has 0 atom stereocenters. The normalized spacial score (nSPS) is 26.3. The molecule has 2 rings (SSSR count). The molecule has 1 heterocycles. The van der Waals surface area contributed by atoms with E-state index in [1.165, 1.54) is 4.31 Å². The Balaban J connectivity index is 2.00. The highest BCUT2D eigenvalue weighted by Gasteiger charge is 2.46. The van der Waals surface area contributed by atoms with E-state index in [0.29, 0.717) is 13.1 Å². The number of rotatable bonds is 4. The minimum atomic E-state index is -3.39. The van der Waals surface area contributed by atoms with Gasteiger partial charge in [0.05, 0.1) is 12.1 Å². The fraction of sp³-hybridized carbons (Fsp3) is 1.00. The van der Waals surface area contributed by atoms with Gasteiger partial charge in [-0.05, 0) is 25.7 Å². The first-order chi connectivity index (χ1) is 7.58. The lowest BCUT2D eigenvalue weighted by Crippen LogP contribution is -2.48. The highest BCUT2D eigenvalue weighted by Crippen LogP contribution is 2.35. The molecular weight excluding hydrogens is 228 g/mol. The first kappa shape index (κ1) is 12.3. The third-order valence-corrected chi connectivity index (χ3v) is 5.14. The van der Waals surface area contributed by atoms with Crippen LogP contribution in [-0.4, -0.2) is 43.1 Å². The van der Waals surface area contributed by atoms with E-state index in [0.717, 1.165) is 38.5 Å². The fourth-order valence-electron chi connectivity index (χ4n) is 2.06. The predicted molar refractivity (Wildman–Crippen MR) is 61.1 cm³/mol. The Hall–Kier alpha value is -0.170. The smallest absolute Gasteiger partial charge is 0.280 e. The zero-order valence-corrected chi connectivity index (χ0v) is 10.3. The maximum Gasteiger partial charge on any atom is 0.280 e. The highest BCUT2D eigenvalue weighted by molar-refractivity contribution is 7.87. The molecule has 0 aromatic heterocycles. The van der Waals surface area contributed by atoms with E-state index in [9.17, 15) is 8.42 Å². The van der Waals surface area contributed by atoms with E-state index in [4.69, 9.17) is 5.11 Å². The van der Waals surface area contributed by atoms with Gasteiger partial charge in [-0.25, -0.2) is 0 Å². The second-order valence-electron chi connectivity index (χ2n) is 4.86. The average molecular weight is 248 g/mol. The third-order valence-electron chi connectivity index (χ3n) is 3.41. The van der Waals surface area contributed by atoms with Crippen LogP contribution in [0.2, 0.25) is 0 Å². The standard InChI is InChI=1S/C10H20N2O3S/c13-9-10(5-6-10)11-16(14,15)12-7-3-1-2-4-8-12/h11,13H,1-9H2. The molecule has 0 aromatic rings. The Labute approximate surface area is 97.0 Å². The quantitative estimate of drug-likeness (QED) is 0.748. The number of hydrogen-bond donors (Lipinski definition) is 2. The van der Waals surface area contributed by atoms with Crippen LogP contribution in [0.15, 0.2) is 0 Å². The van der Waals surface area contributed by atoms with Gasteiger partial charge in [0, 0.05) is 13.1 Å². The van der Waals surface area contributed by atoms with Gasteiger partial charge in [-0.15, -0.1) is 0 Å². The third kappa shape index (κ3) is 2.74. The van der Waals surface area contributed by atoms with Gasteiger partial charge in [0.2, 0.25) is 0 Å². The molecule has 1 aliphatic heterocycles. The molecule has 16 heavy (non-hydrogen) atoms. The van der Waals surface area contributed by atoms with Crippen molar-refractivity contribution in [3.05, 3.63) is 0 Å². The summed E-state index contributed by atoms with van der Waals surface area (Å²) in [5.41, 5.74) is -0.550. The SMILES string of the molecule is O=S(=O)(NC1(CO)CC1)N1CCCCCC1. The summed E-state index contributed by atoms with van der Waals surface area (Å²) in [6.07, 6.45) is 5.58. The Bertz CT molecular complexity index is 330. The van der Waals surface area contributed by atoms with Crippen LogP contribution in [0.25, 0.3) is 0 Å². The van der Waals surface area contributed by atoms with Crippen LogP contribution in [0, 0.1) is 0 Å². The monoisotopic (exact) mass is 248 g/mol. The Morgan fingerprint density at radius 3 is 2.12 bits per heavy atom. The van der Waals surface area contributed by atoms with Crippen LogP contribution >= 0.6 is 0 Å². The summed E-state index contributed by atoms with van der Waals surface area (Å²) in [6.45, 7) is 1.12. The predicted octanol–water partition coefficient (Wildman–Crippen LogP) is 0.222.